The molecule has 1 aromatic carbocycles. The van der Waals surface area contributed by atoms with Crippen molar-refractivity contribution >= 4 is 0 Å². The third kappa shape index (κ3) is 3.36. The maximum Gasteiger partial charge on any atom is 0.416 e. The molecule has 1 nitrogen and oxygen atoms in total. The van der Waals surface area contributed by atoms with E-state index in [1.165, 1.54) is 6.92 Å². The van der Waals surface area contributed by atoms with E-state index in [9.17, 15) is 26.3 Å². The minimum absolute atomic E-state index is 0.0906. The first-order valence-electron chi connectivity index (χ1n) is 4.64. The Hall–Kier alpha value is -1.24. The van der Waals surface area contributed by atoms with Crippen molar-refractivity contribution in [3.05, 3.63) is 34.9 Å². The first-order chi connectivity index (χ1) is 7.51. The van der Waals surface area contributed by atoms with Crippen molar-refractivity contribution in [2.45, 2.75) is 25.3 Å². The van der Waals surface area contributed by atoms with Crippen molar-refractivity contribution < 1.29 is 32.1 Å². The van der Waals surface area contributed by atoms with E-state index in [0.717, 1.165) is 0 Å². The molecule has 1 unspecified atom stereocenters. The highest BCUT2D eigenvalue weighted by Crippen LogP contribution is 2.36. The molecule has 0 saturated heterocycles. The van der Waals surface area contributed by atoms with Crippen LogP contribution in [0.5, 0.6) is 0 Å². The van der Waals surface area contributed by atoms with Gasteiger partial charge in [0.15, 0.2) is 0 Å². The van der Waals surface area contributed by atoms with Gasteiger partial charge >= 0.3 is 12.4 Å². The van der Waals surface area contributed by atoms with Crippen LogP contribution < -0.4 is 5.73 Å². The van der Waals surface area contributed by atoms with Gasteiger partial charge in [0.1, 0.15) is 6.04 Å². The van der Waals surface area contributed by atoms with Crippen LogP contribution in [0.1, 0.15) is 29.7 Å². The second-order valence-corrected chi connectivity index (χ2v) is 3.74. The van der Waals surface area contributed by atoms with Gasteiger partial charge in [-0.25, -0.2) is 0 Å². The van der Waals surface area contributed by atoms with E-state index < -0.39 is 29.5 Å². The van der Waals surface area contributed by atoms with E-state index >= 15 is 0 Å². The number of benzene rings is 1. The zero-order chi connectivity index (χ0) is 13.4. The highest BCUT2D eigenvalue weighted by Gasteiger charge is 2.37. The summed E-state index contributed by atoms with van der Waals surface area (Å²) in [5.74, 6) is 0. The summed E-state index contributed by atoms with van der Waals surface area (Å²) in [7, 11) is 0. The Balaban J connectivity index is 3.40. The topological polar surface area (TPSA) is 27.6 Å². The molecule has 7 heteroatoms. The predicted octanol–water partition coefficient (Wildman–Crippen LogP) is 3.03. The number of quaternary nitrogens is 1. The SMILES string of the molecule is CC([NH3+])c1cc(C(F)(F)F)cc(C(F)(F)F)c1. The molecule has 0 amide bonds. The van der Waals surface area contributed by atoms with Crippen LogP contribution in [-0.4, -0.2) is 0 Å². The van der Waals surface area contributed by atoms with Crippen molar-refractivity contribution in [2.24, 2.45) is 0 Å². The normalized spacial score (nSPS) is 14.8. The first-order valence-corrected chi connectivity index (χ1v) is 4.64. The molecule has 3 N–H and O–H groups in total. The summed E-state index contributed by atoms with van der Waals surface area (Å²) in [5.41, 5.74) is 0.715. The lowest BCUT2D eigenvalue weighted by Gasteiger charge is -2.14. The molecule has 1 aromatic rings. The van der Waals surface area contributed by atoms with Crippen LogP contribution in [0.15, 0.2) is 18.2 Å². The quantitative estimate of drug-likeness (QED) is 0.750. The molecule has 0 saturated carbocycles. The highest BCUT2D eigenvalue weighted by atomic mass is 19.4. The molecule has 0 heterocycles. The van der Waals surface area contributed by atoms with Gasteiger partial charge in [-0.05, 0) is 25.1 Å². The summed E-state index contributed by atoms with van der Waals surface area (Å²) in [4.78, 5) is 0. The average Bonchev–Trinajstić information content (AvgIpc) is 2.14. The molecule has 0 radical (unpaired) electrons. The minimum Gasteiger partial charge on any atom is -0.352 e. The fourth-order valence-corrected chi connectivity index (χ4v) is 1.26. The summed E-state index contributed by atoms with van der Waals surface area (Å²) in [6.45, 7) is 1.43. The fourth-order valence-electron chi connectivity index (χ4n) is 1.26. The lowest BCUT2D eigenvalue weighted by Crippen LogP contribution is -2.51. The molecule has 1 rings (SSSR count). The van der Waals surface area contributed by atoms with Crippen LogP contribution in [0.4, 0.5) is 26.3 Å². The van der Waals surface area contributed by atoms with Gasteiger partial charge in [0.05, 0.1) is 11.1 Å². The summed E-state index contributed by atoms with van der Waals surface area (Å²) in [6.07, 6.45) is -9.60. The van der Waals surface area contributed by atoms with Crippen LogP contribution in [0, 0.1) is 0 Å². The van der Waals surface area contributed by atoms with Gasteiger partial charge < -0.3 is 5.73 Å². The molecule has 0 aliphatic carbocycles. The molecule has 0 aliphatic heterocycles. The molecule has 17 heavy (non-hydrogen) atoms. The Labute approximate surface area is 93.2 Å². The first kappa shape index (κ1) is 13.8. The van der Waals surface area contributed by atoms with Gasteiger partial charge in [-0.2, -0.15) is 26.3 Å². The lowest BCUT2D eigenvalue weighted by atomic mass is 10.0. The van der Waals surface area contributed by atoms with Crippen molar-refractivity contribution in [1.29, 1.82) is 0 Å². The number of hydrogen-bond donors (Lipinski definition) is 1. The predicted molar refractivity (Wildman–Crippen MR) is 47.7 cm³/mol. The molecular weight excluding hydrogens is 248 g/mol. The van der Waals surface area contributed by atoms with Gasteiger partial charge in [-0.1, -0.05) is 0 Å². The summed E-state index contributed by atoms with van der Waals surface area (Å²) < 4.78 is 74.5. The Morgan fingerprint density at radius 3 is 1.47 bits per heavy atom. The number of rotatable bonds is 1. The van der Waals surface area contributed by atoms with E-state index in [-0.39, 0.29) is 11.6 Å². The van der Waals surface area contributed by atoms with Crippen molar-refractivity contribution in [3.8, 4) is 0 Å². The molecular formula is C10H10F6N+. The average molecular weight is 258 g/mol. The largest absolute Gasteiger partial charge is 0.416 e. The van der Waals surface area contributed by atoms with E-state index in [4.69, 9.17) is 0 Å². The molecule has 0 bridgehead atoms. The summed E-state index contributed by atoms with van der Waals surface area (Å²) in [6, 6.07) is 0.824. The smallest absolute Gasteiger partial charge is 0.352 e. The van der Waals surface area contributed by atoms with Crippen LogP contribution in [-0.2, 0) is 12.4 Å². The van der Waals surface area contributed by atoms with Gasteiger partial charge in [0.25, 0.3) is 0 Å². The number of hydrogen-bond acceptors (Lipinski definition) is 0. The zero-order valence-electron chi connectivity index (χ0n) is 8.78. The van der Waals surface area contributed by atoms with Gasteiger partial charge in [0, 0.05) is 5.56 Å². The highest BCUT2D eigenvalue weighted by molar-refractivity contribution is 5.34. The van der Waals surface area contributed by atoms with Crippen LogP contribution in [0.2, 0.25) is 0 Å². The molecule has 1 atom stereocenters. The second kappa shape index (κ2) is 4.21. The van der Waals surface area contributed by atoms with E-state index in [0.29, 0.717) is 12.1 Å². The molecule has 0 fully saturated rings. The maximum atomic E-state index is 12.4. The second-order valence-electron chi connectivity index (χ2n) is 3.74. The molecule has 0 spiro atoms. The monoisotopic (exact) mass is 258 g/mol. The van der Waals surface area contributed by atoms with Gasteiger partial charge in [-0.15, -0.1) is 0 Å². The van der Waals surface area contributed by atoms with Crippen LogP contribution in [0.3, 0.4) is 0 Å². The molecule has 0 aromatic heterocycles. The summed E-state index contributed by atoms with van der Waals surface area (Å²) >= 11 is 0. The third-order valence-corrected chi connectivity index (χ3v) is 2.18. The Kier molecular flexibility index (Phi) is 3.42. The Bertz CT molecular complexity index is 372. The Morgan fingerprint density at radius 1 is 0.882 bits per heavy atom. The van der Waals surface area contributed by atoms with Crippen LogP contribution >= 0.6 is 0 Å². The summed E-state index contributed by atoms with van der Waals surface area (Å²) in [5, 5.41) is 0. The van der Waals surface area contributed by atoms with E-state index in [1.54, 1.807) is 0 Å². The van der Waals surface area contributed by atoms with Crippen LogP contribution in [0.25, 0.3) is 0 Å². The fraction of sp³-hybridized carbons (Fsp3) is 0.400. The van der Waals surface area contributed by atoms with Crippen molar-refractivity contribution in [1.82, 2.24) is 0 Å². The zero-order valence-corrected chi connectivity index (χ0v) is 8.78. The molecule has 0 aliphatic rings. The third-order valence-electron chi connectivity index (χ3n) is 2.18. The van der Waals surface area contributed by atoms with Crippen molar-refractivity contribution in [3.63, 3.8) is 0 Å². The standard InChI is InChI=1S/C10H9F6N/c1-5(17)6-2-7(9(11,12)13)4-8(3-6)10(14,15)16/h2-5H,17H2,1H3/p+1. The van der Waals surface area contributed by atoms with Gasteiger partial charge in [0.2, 0.25) is 0 Å². The minimum atomic E-state index is -4.80. The number of halogens is 6. The van der Waals surface area contributed by atoms with E-state index in [2.05, 4.69) is 5.73 Å². The van der Waals surface area contributed by atoms with E-state index in [1.807, 2.05) is 0 Å². The van der Waals surface area contributed by atoms with Gasteiger partial charge in [-0.3, -0.25) is 0 Å². The lowest BCUT2D eigenvalue weighted by molar-refractivity contribution is -0.420. The molecule has 96 valence electrons. The van der Waals surface area contributed by atoms with Crippen molar-refractivity contribution in [2.75, 3.05) is 0 Å². The number of alkyl halides is 6. The maximum absolute atomic E-state index is 12.4. The Morgan fingerprint density at radius 2 is 1.24 bits per heavy atom.